The average Bonchev–Trinajstić information content (AvgIpc) is 2.33. The molecule has 0 atom stereocenters. The van der Waals surface area contributed by atoms with Crippen LogP contribution in [0, 0.1) is 0 Å². The molecule has 0 spiro atoms. The largest absolute Gasteiger partial charge is 0.457 e. The standard InChI is InChI=1S/C15H16BrNO/c1-17(2)11-12-8-9-13(16)10-15(12)18-14-6-4-3-5-7-14/h3-10H,11H2,1-2H3. The fourth-order valence-corrected chi connectivity index (χ4v) is 2.05. The number of hydrogen-bond acceptors (Lipinski definition) is 2. The van der Waals surface area contributed by atoms with Gasteiger partial charge in [0.05, 0.1) is 0 Å². The van der Waals surface area contributed by atoms with Crippen molar-refractivity contribution in [2.45, 2.75) is 6.54 Å². The number of benzene rings is 2. The van der Waals surface area contributed by atoms with Gasteiger partial charge in [0.15, 0.2) is 0 Å². The monoisotopic (exact) mass is 305 g/mol. The van der Waals surface area contributed by atoms with Crippen molar-refractivity contribution in [2.75, 3.05) is 14.1 Å². The van der Waals surface area contributed by atoms with Gasteiger partial charge in [0, 0.05) is 16.6 Å². The van der Waals surface area contributed by atoms with E-state index < -0.39 is 0 Å². The fourth-order valence-electron chi connectivity index (χ4n) is 1.71. The number of nitrogens with zero attached hydrogens (tertiary/aromatic N) is 1. The Morgan fingerprint density at radius 3 is 2.44 bits per heavy atom. The Labute approximate surface area is 116 Å². The van der Waals surface area contributed by atoms with Crippen molar-refractivity contribution < 1.29 is 4.74 Å². The van der Waals surface area contributed by atoms with E-state index >= 15 is 0 Å². The molecule has 0 aliphatic carbocycles. The predicted molar refractivity (Wildman–Crippen MR) is 78.0 cm³/mol. The zero-order valence-corrected chi connectivity index (χ0v) is 12.1. The van der Waals surface area contributed by atoms with Crippen LogP contribution in [0.4, 0.5) is 0 Å². The molecule has 0 saturated heterocycles. The topological polar surface area (TPSA) is 12.5 Å². The van der Waals surface area contributed by atoms with Gasteiger partial charge in [-0.15, -0.1) is 0 Å². The van der Waals surface area contributed by atoms with Gasteiger partial charge in [-0.3, -0.25) is 0 Å². The van der Waals surface area contributed by atoms with E-state index in [1.54, 1.807) is 0 Å². The Balaban J connectivity index is 2.27. The molecule has 0 radical (unpaired) electrons. The Morgan fingerprint density at radius 2 is 1.78 bits per heavy atom. The summed E-state index contributed by atoms with van der Waals surface area (Å²) in [6.45, 7) is 0.857. The van der Waals surface area contributed by atoms with E-state index in [4.69, 9.17) is 4.74 Å². The third kappa shape index (κ3) is 3.59. The molecule has 0 aliphatic rings. The van der Waals surface area contributed by atoms with E-state index in [2.05, 4.69) is 26.9 Å². The summed E-state index contributed by atoms with van der Waals surface area (Å²) >= 11 is 3.48. The maximum atomic E-state index is 5.93. The first kappa shape index (κ1) is 13.1. The first-order valence-electron chi connectivity index (χ1n) is 5.81. The molecule has 0 aromatic heterocycles. The molecule has 2 rings (SSSR count). The first-order valence-corrected chi connectivity index (χ1v) is 6.60. The SMILES string of the molecule is CN(C)Cc1ccc(Br)cc1Oc1ccccc1. The highest BCUT2D eigenvalue weighted by molar-refractivity contribution is 9.10. The molecule has 0 fully saturated rings. The van der Waals surface area contributed by atoms with E-state index in [0.717, 1.165) is 22.5 Å². The average molecular weight is 306 g/mol. The Hall–Kier alpha value is -1.32. The van der Waals surface area contributed by atoms with Crippen LogP contribution in [0.3, 0.4) is 0 Å². The van der Waals surface area contributed by atoms with Crippen LogP contribution >= 0.6 is 15.9 Å². The quantitative estimate of drug-likeness (QED) is 0.835. The van der Waals surface area contributed by atoms with E-state index in [1.807, 2.05) is 56.6 Å². The van der Waals surface area contributed by atoms with Crippen LogP contribution in [0.2, 0.25) is 0 Å². The van der Waals surface area contributed by atoms with Crippen LogP contribution < -0.4 is 4.74 Å². The third-order valence-electron chi connectivity index (χ3n) is 2.49. The Bertz CT molecular complexity index is 511. The van der Waals surface area contributed by atoms with Crippen LogP contribution in [-0.4, -0.2) is 19.0 Å². The predicted octanol–water partition coefficient (Wildman–Crippen LogP) is 4.30. The Morgan fingerprint density at radius 1 is 1.06 bits per heavy atom. The molecule has 2 aromatic carbocycles. The van der Waals surface area contributed by atoms with E-state index in [9.17, 15) is 0 Å². The van der Waals surface area contributed by atoms with Crippen molar-refractivity contribution in [1.29, 1.82) is 0 Å². The molecule has 0 aliphatic heterocycles. The summed E-state index contributed by atoms with van der Waals surface area (Å²) in [4.78, 5) is 2.13. The molecular formula is C15H16BrNO. The highest BCUT2D eigenvalue weighted by Crippen LogP contribution is 2.29. The second-order valence-electron chi connectivity index (χ2n) is 4.40. The lowest BCUT2D eigenvalue weighted by Gasteiger charge is -2.15. The van der Waals surface area contributed by atoms with E-state index in [-0.39, 0.29) is 0 Å². The highest BCUT2D eigenvalue weighted by atomic mass is 79.9. The molecule has 0 amide bonds. The first-order chi connectivity index (χ1) is 8.65. The van der Waals surface area contributed by atoms with Crippen LogP contribution in [0.15, 0.2) is 53.0 Å². The van der Waals surface area contributed by atoms with Crippen molar-refractivity contribution in [3.05, 3.63) is 58.6 Å². The molecule has 2 aromatic rings. The molecule has 18 heavy (non-hydrogen) atoms. The summed E-state index contributed by atoms with van der Waals surface area (Å²) in [5.74, 6) is 1.75. The molecular weight excluding hydrogens is 290 g/mol. The fraction of sp³-hybridized carbons (Fsp3) is 0.200. The summed E-state index contributed by atoms with van der Waals surface area (Å²) in [5.41, 5.74) is 1.17. The van der Waals surface area contributed by atoms with E-state index in [1.165, 1.54) is 5.56 Å². The van der Waals surface area contributed by atoms with Gasteiger partial charge in [0.25, 0.3) is 0 Å². The molecule has 0 unspecified atom stereocenters. The maximum absolute atomic E-state index is 5.93. The zero-order chi connectivity index (χ0) is 13.0. The lowest BCUT2D eigenvalue weighted by Crippen LogP contribution is -2.11. The molecule has 2 nitrogen and oxygen atoms in total. The summed E-state index contributed by atoms with van der Waals surface area (Å²) in [7, 11) is 4.10. The van der Waals surface area contributed by atoms with Crippen molar-refractivity contribution in [2.24, 2.45) is 0 Å². The lowest BCUT2D eigenvalue weighted by molar-refractivity contribution is 0.388. The second kappa shape index (κ2) is 6.03. The number of ether oxygens (including phenoxy) is 1. The van der Waals surface area contributed by atoms with Crippen molar-refractivity contribution in [3.63, 3.8) is 0 Å². The second-order valence-corrected chi connectivity index (χ2v) is 5.32. The third-order valence-corrected chi connectivity index (χ3v) is 2.98. The lowest BCUT2D eigenvalue weighted by atomic mass is 10.2. The van der Waals surface area contributed by atoms with Gasteiger partial charge in [-0.2, -0.15) is 0 Å². The van der Waals surface area contributed by atoms with Gasteiger partial charge < -0.3 is 9.64 Å². The maximum Gasteiger partial charge on any atom is 0.133 e. The van der Waals surface area contributed by atoms with Gasteiger partial charge in [-0.1, -0.05) is 40.2 Å². The number of halogens is 1. The van der Waals surface area contributed by atoms with Gasteiger partial charge >= 0.3 is 0 Å². The zero-order valence-electron chi connectivity index (χ0n) is 10.6. The van der Waals surface area contributed by atoms with Crippen LogP contribution in [0.1, 0.15) is 5.56 Å². The molecule has 0 bridgehead atoms. The van der Waals surface area contributed by atoms with Crippen molar-refractivity contribution in [3.8, 4) is 11.5 Å². The minimum Gasteiger partial charge on any atom is -0.457 e. The van der Waals surface area contributed by atoms with Crippen molar-refractivity contribution >= 4 is 15.9 Å². The summed E-state index contributed by atoms with van der Waals surface area (Å²) in [6, 6.07) is 16.0. The molecule has 3 heteroatoms. The summed E-state index contributed by atoms with van der Waals surface area (Å²) in [5, 5.41) is 0. The number of rotatable bonds is 4. The van der Waals surface area contributed by atoms with Gasteiger partial charge in [-0.25, -0.2) is 0 Å². The molecule has 0 saturated carbocycles. The molecule has 94 valence electrons. The number of hydrogen-bond donors (Lipinski definition) is 0. The van der Waals surface area contributed by atoms with E-state index in [0.29, 0.717) is 0 Å². The van der Waals surface area contributed by atoms with Crippen LogP contribution in [0.25, 0.3) is 0 Å². The van der Waals surface area contributed by atoms with Crippen molar-refractivity contribution in [1.82, 2.24) is 4.90 Å². The van der Waals surface area contributed by atoms with Gasteiger partial charge in [0.2, 0.25) is 0 Å². The van der Waals surface area contributed by atoms with Crippen LogP contribution in [-0.2, 0) is 6.54 Å². The Kier molecular flexibility index (Phi) is 4.39. The number of para-hydroxylation sites is 1. The van der Waals surface area contributed by atoms with Gasteiger partial charge in [0.1, 0.15) is 11.5 Å². The minimum absolute atomic E-state index is 0.857. The highest BCUT2D eigenvalue weighted by Gasteiger charge is 2.07. The summed E-state index contributed by atoms with van der Waals surface area (Å²) < 4.78 is 6.96. The van der Waals surface area contributed by atoms with Gasteiger partial charge in [-0.05, 0) is 38.4 Å². The minimum atomic E-state index is 0.857. The smallest absolute Gasteiger partial charge is 0.133 e. The summed E-state index contributed by atoms with van der Waals surface area (Å²) in [6.07, 6.45) is 0. The normalized spacial score (nSPS) is 10.7. The molecule has 0 heterocycles. The molecule has 0 N–H and O–H groups in total. The van der Waals surface area contributed by atoms with Crippen LogP contribution in [0.5, 0.6) is 11.5 Å².